The van der Waals surface area contributed by atoms with Gasteiger partial charge in [-0.25, -0.2) is 4.39 Å². The molecule has 6 heteroatoms. The van der Waals surface area contributed by atoms with Crippen molar-refractivity contribution in [3.8, 4) is 5.75 Å². The molecule has 2 aliphatic carbocycles. The predicted molar refractivity (Wildman–Crippen MR) is 143 cm³/mol. The molecule has 1 saturated carbocycles. The minimum Gasteiger partial charge on any atom is -0.481 e. The second-order valence-corrected chi connectivity index (χ2v) is 9.72. The van der Waals surface area contributed by atoms with Crippen molar-refractivity contribution >= 4 is 28.9 Å². The Morgan fingerprint density at radius 3 is 2.29 bits per heavy atom. The zero-order valence-electron chi connectivity index (χ0n) is 20.6. The van der Waals surface area contributed by atoms with E-state index in [0.29, 0.717) is 21.8 Å². The number of rotatable bonds is 7. The Morgan fingerprint density at radius 1 is 1.06 bits per heavy atom. The fourth-order valence-corrected chi connectivity index (χ4v) is 5.54. The highest BCUT2D eigenvalue weighted by atomic mass is 35.5. The van der Waals surface area contributed by atoms with Crippen LogP contribution in [0.3, 0.4) is 0 Å². The molecule has 0 bridgehead atoms. The Labute approximate surface area is 213 Å². The summed E-state index contributed by atoms with van der Waals surface area (Å²) in [7, 11) is 0. The molecule has 3 nitrogen and oxygen atoms in total. The van der Waals surface area contributed by atoms with E-state index >= 15 is 4.39 Å². The number of halogens is 3. The zero-order valence-corrected chi connectivity index (χ0v) is 22.1. The van der Waals surface area contributed by atoms with Gasteiger partial charge in [-0.15, -0.1) is 0 Å². The normalized spacial score (nSPS) is 19.3. The summed E-state index contributed by atoms with van der Waals surface area (Å²) in [5.41, 5.74) is 4.13. The van der Waals surface area contributed by atoms with E-state index in [1.165, 1.54) is 18.9 Å². The molecule has 2 aromatic rings. The van der Waals surface area contributed by atoms with Gasteiger partial charge in [-0.2, -0.15) is 0 Å². The molecule has 0 aliphatic heterocycles. The molecule has 1 N–H and O–H groups in total. The standard InChI is InChI=1S/C26H29Cl2FN2O.C2H6/c1-15(2)31(16(3)4)19-9-10-25(23(29)13-19)32-26-21-11-17(27)12-22(28)20(21)14-24(26)30-18-7-5-6-8-18;1-2/h9-13,18,24,26,30H,1,3,5-8,14H2,2,4H3;1-2H3/t24?,26-;/m0./s1. The van der Waals surface area contributed by atoms with E-state index in [4.69, 9.17) is 27.9 Å². The third-order valence-corrected chi connectivity index (χ3v) is 6.84. The molecule has 0 heterocycles. The van der Waals surface area contributed by atoms with E-state index < -0.39 is 5.82 Å². The van der Waals surface area contributed by atoms with Gasteiger partial charge in [0, 0.05) is 44.8 Å². The van der Waals surface area contributed by atoms with Crippen LogP contribution in [0, 0.1) is 5.82 Å². The molecule has 2 atom stereocenters. The number of hydrogen-bond donors (Lipinski definition) is 1. The summed E-state index contributed by atoms with van der Waals surface area (Å²) in [5, 5.41) is 4.92. The van der Waals surface area contributed by atoms with Gasteiger partial charge in [0.15, 0.2) is 11.6 Å². The van der Waals surface area contributed by atoms with Crippen LogP contribution in [0.4, 0.5) is 10.1 Å². The number of nitrogens with zero attached hydrogens (tertiary/aromatic N) is 1. The zero-order chi connectivity index (χ0) is 25.0. The molecule has 2 aromatic carbocycles. The second-order valence-electron chi connectivity index (χ2n) is 8.87. The summed E-state index contributed by atoms with van der Waals surface area (Å²) in [6.45, 7) is 15.7. The van der Waals surface area contributed by atoms with Crippen LogP contribution in [-0.2, 0) is 6.42 Å². The first-order valence-corrected chi connectivity index (χ1v) is 12.8. The lowest BCUT2D eigenvalue weighted by Crippen LogP contribution is -2.41. The van der Waals surface area contributed by atoms with Crippen LogP contribution in [-0.4, -0.2) is 12.1 Å². The summed E-state index contributed by atoms with van der Waals surface area (Å²) >= 11 is 12.8. The second kappa shape index (κ2) is 11.6. The maximum Gasteiger partial charge on any atom is 0.167 e. The average molecular weight is 506 g/mol. The van der Waals surface area contributed by atoms with Crippen molar-refractivity contribution in [2.24, 2.45) is 0 Å². The number of nitrogens with one attached hydrogen (secondary N) is 1. The molecular weight excluding hydrogens is 470 g/mol. The summed E-state index contributed by atoms with van der Waals surface area (Å²) in [5.74, 6) is -0.236. The maximum absolute atomic E-state index is 15.2. The molecule has 2 aliphatic rings. The van der Waals surface area contributed by atoms with Gasteiger partial charge in [0.05, 0.1) is 6.04 Å². The molecule has 1 unspecified atom stereocenters. The quantitative estimate of drug-likeness (QED) is 0.408. The number of fused-ring (bicyclic) bond motifs is 1. The van der Waals surface area contributed by atoms with Gasteiger partial charge in [-0.3, -0.25) is 0 Å². The Morgan fingerprint density at radius 2 is 1.71 bits per heavy atom. The Bertz CT molecular complexity index is 1030. The smallest absolute Gasteiger partial charge is 0.167 e. The molecule has 0 amide bonds. The third-order valence-electron chi connectivity index (χ3n) is 6.29. The minimum absolute atomic E-state index is 0.00507. The molecule has 0 spiro atoms. The Kier molecular flexibility index (Phi) is 9.08. The number of anilines is 1. The topological polar surface area (TPSA) is 24.5 Å². The average Bonchev–Trinajstić information content (AvgIpc) is 3.40. The maximum atomic E-state index is 15.2. The summed E-state index contributed by atoms with van der Waals surface area (Å²) in [4.78, 5) is 1.81. The van der Waals surface area contributed by atoms with Crippen LogP contribution >= 0.6 is 23.2 Å². The fourth-order valence-electron chi connectivity index (χ4n) is 4.95. The number of allylic oxidation sites excluding steroid dienone is 2. The SMILES string of the molecule is C=C(C)N(C(=C)C)c1ccc(O[C@H]2c3cc(Cl)cc(Cl)c3CC2NC2CCCC2)c(F)c1.CC. The van der Waals surface area contributed by atoms with Crippen LogP contribution in [0.5, 0.6) is 5.75 Å². The van der Waals surface area contributed by atoms with Gasteiger partial charge >= 0.3 is 0 Å². The van der Waals surface area contributed by atoms with E-state index in [0.717, 1.165) is 41.8 Å². The van der Waals surface area contributed by atoms with E-state index in [9.17, 15) is 0 Å². The van der Waals surface area contributed by atoms with Gasteiger partial charge in [0.2, 0.25) is 0 Å². The number of ether oxygens (including phenoxy) is 1. The van der Waals surface area contributed by atoms with Crippen molar-refractivity contribution in [3.05, 3.63) is 81.9 Å². The van der Waals surface area contributed by atoms with Gasteiger partial charge < -0.3 is 15.0 Å². The van der Waals surface area contributed by atoms with Crippen molar-refractivity contribution in [2.45, 2.75) is 78.0 Å². The van der Waals surface area contributed by atoms with Crippen molar-refractivity contribution in [1.82, 2.24) is 5.32 Å². The molecule has 34 heavy (non-hydrogen) atoms. The van der Waals surface area contributed by atoms with Crippen molar-refractivity contribution in [1.29, 1.82) is 0 Å². The van der Waals surface area contributed by atoms with Crippen LogP contribution in [0.1, 0.15) is 70.6 Å². The van der Waals surface area contributed by atoms with Gasteiger partial charge in [-0.1, -0.05) is 63.0 Å². The molecular formula is C28H35Cl2FN2O. The highest BCUT2D eigenvalue weighted by Gasteiger charge is 2.38. The Balaban J connectivity index is 0.00000158. The summed E-state index contributed by atoms with van der Waals surface area (Å²) in [6, 6.07) is 9.05. The first-order chi connectivity index (χ1) is 16.2. The van der Waals surface area contributed by atoms with Crippen LogP contribution in [0.2, 0.25) is 10.0 Å². The van der Waals surface area contributed by atoms with Crippen molar-refractivity contribution < 1.29 is 9.13 Å². The van der Waals surface area contributed by atoms with E-state index in [1.807, 2.05) is 44.7 Å². The van der Waals surface area contributed by atoms with Gasteiger partial charge in [0.1, 0.15) is 6.10 Å². The van der Waals surface area contributed by atoms with Gasteiger partial charge in [0.25, 0.3) is 0 Å². The fraction of sp³-hybridized carbons (Fsp3) is 0.429. The van der Waals surface area contributed by atoms with Gasteiger partial charge in [-0.05, 0) is 62.9 Å². The summed E-state index contributed by atoms with van der Waals surface area (Å²) < 4.78 is 21.5. The first kappa shape index (κ1) is 26.6. The first-order valence-electron chi connectivity index (χ1n) is 12.1. The molecule has 0 aromatic heterocycles. The van der Waals surface area contributed by atoms with Crippen molar-refractivity contribution in [3.63, 3.8) is 0 Å². The summed E-state index contributed by atoms with van der Waals surface area (Å²) in [6.07, 6.45) is 5.11. The number of hydrogen-bond acceptors (Lipinski definition) is 3. The monoisotopic (exact) mass is 504 g/mol. The lowest BCUT2D eigenvalue weighted by Gasteiger charge is -2.28. The van der Waals surface area contributed by atoms with Crippen molar-refractivity contribution in [2.75, 3.05) is 4.90 Å². The predicted octanol–water partition coefficient (Wildman–Crippen LogP) is 8.61. The van der Waals surface area contributed by atoms with E-state index in [1.54, 1.807) is 12.1 Å². The van der Waals surface area contributed by atoms with Crippen LogP contribution < -0.4 is 15.0 Å². The highest BCUT2D eigenvalue weighted by molar-refractivity contribution is 6.35. The molecule has 0 saturated heterocycles. The molecule has 184 valence electrons. The molecule has 1 fully saturated rings. The lowest BCUT2D eigenvalue weighted by molar-refractivity contribution is 0.153. The lowest BCUT2D eigenvalue weighted by atomic mass is 10.1. The third kappa shape index (κ3) is 5.79. The van der Waals surface area contributed by atoms with Crippen LogP contribution in [0.15, 0.2) is 54.9 Å². The Hall–Kier alpha value is -2.01. The number of benzene rings is 2. The highest BCUT2D eigenvalue weighted by Crippen LogP contribution is 2.42. The van der Waals surface area contributed by atoms with Crippen LogP contribution in [0.25, 0.3) is 0 Å². The molecule has 4 rings (SSSR count). The minimum atomic E-state index is -0.434. The molecule has 0 radical (unpaired) electrons. The van der Waals surface area contributed by atoms with E-state index in [-0.39, 0.29) is 17.9 Å². The van der Waals surface area contributed by atoms with E-state index in [2.05, 4.69) is 18.5 Å². The largest absolute Gasteiger partial charge is 0.481 e.